The number of aromatic hydroxyl groups is 1. The first-order chi connectivity index (χ1) is 13.7. The van der Waals surface area contributed by atoms with Gasteiger partial charge in [0.1, 0.15) is 28.2 Å². The van der Waals surface area contributed by atoms with Gasteiger partial charge in [0.2, 0.25) is 5.90 Å². The van der Waals surface area contributed by atoms with E-state index in [0.29, 0.717) is 23.9 Å². The van der Waals surface area contributed by atoms with E-state index in [1.54, 1.807) is 18.2 Å². The summed E-state index contributed by atoms with van der Waals surface area (Å²) in [5.74, 6) is 1.05. The van der Waals surface area contributed by atoms with Crippen molar-refractivity contribution in [3.8, 4) is 17.2 Å². The van der Waals surface area contributed by atoms with Crippen LogP contribution in [0.2, 0.25) is 0 Å². The summed E-state index contributed by atoms with van der Waals surface area (Å²) in [5, 5.41) is 19.3. The van der Waals surface area contributed by atoms with Gasteiger partial charge in [-0.05, 0) is 42.8 Å². The molecule has 0 saturated heterocycles. The standard InChI is InChI=1S/C22H20N4O2/c1-2-14-23-22(16-8-4-3-5-9-16)28-17-12-13-20(21(27)15-17)26-24-18-10-6-7-11-19(18)25-26/h3-13,15,27H,2,14H2,1H3. The molecular formula is C22H20N4O2. The molecule has 1 aromatic heterocycles. The molecule has 1 heterocycles. The molecule has 0 aliphatic rings. The molecule has 6 heteroatoms. The van der Waals surface area contributed by atoms with Crippen molar-refractivity contribution in [1.82, 2.24) is 15.0 Å². The third-order valence-corrected chi connectivity index (χ3v) is 4.16. The van der Waals surface area contributed by atoms with E-state index in [-0.39, 0.29) is 5.75 Å². The fourth-order valence-corrected chi connectivity index (χ4v) is 2.79. The number of hydrogen-bond acceptors (Lipinski definition) is 5. The number of phenolic OH excluding ortho intramolecular Hbond substituents is 1. The number of aromatic nitrogens is 3. The van der Waals surface area contributed by atoms with Crippen LogP contribution in [0.4, 0.5) is 0 Å². The van der Waals surface area contributed by atoms with Gasteiger partial charge in [0.25, 0.3) is 0 Å². The van der Waals surface area contributed by atoms with E-state index >= 15 is 0 Å². The van der Waals surface area contributed by atoms with Gasteiger partial charge in [-0.1, -0.05) is 37.3 Å². The molecule has 3 aromatic carbocycles. The highest BCUT2D eigenvalue weighted by Gasteiger charge is 2.12. The Balaban J connectivity index is 1.63. The van der Waals surface area contributed by atoms with Crippen molar-refractivity contribution < 1.29 is 9.84 Å². The number of phenols is 1. The van der Waals surface area contributed by atoms with E-state index in [1.165, 1.54) is 4.80 Å². The number of nitrogens with zero attached hydrogens (tertiary/aromatic N) is 4. The molecule has 0 atom stereocenters. The van der Waals surface area contributed by atoms with E-state index in [1.807, 2.05) is 54.6 Å². The van der Waals surface area contributed by atoms with Gasteiger partial charge in [-0.15, -0.1) is 15.0 Å². The molecule has 6 nitrogen and oxygen atoms in total. The van der Waals surface area contributed by atoms with Crippen molar-refractivity contribution in [2.24, 2.45) is 4.99 Å². The van der Waals surface area contributed by atoms with E-state index < -0.39 is 0 Å². The molecule has 0 bridgehead atoms. The maximum absolute atomic E-state index is 10.5. The van der Waals surface area contributed by atoms with Gasteiger partial charge in [-0.3, -0.25) is 4.99 Å². The Kier molecular flexibility index (Phi) is 5.01. The molecule has 0 fully saturated rings. The molecule has 0 saturated carbocycles. The fraction of sp³-hybridized carbons (Fsp3) is 0.136. The number of hydrogen-bond donors (Lipinski definition) is 1. The Morgan fingerprint density at radius 2 is 1.64 bits per heavy atom. The molecule has 140 valence electrons. The lowest BCUT2D eigenvalue weighted by Gasteiger charge is -2.11. The number of rotatable bonds is 5. The first-order valence-electron chi connectivity index (χ1n) is 9.18. The Morgan fingerprint density at radius 3 is 2.29 bits per heavy atom. The summed E-state index contributed by atoms with van der Waals surface area (Å²) in [6.07, 6.45) is 0.919. The lowest BCUT2D eigenvalue weighted by Crippen LogP contribution is -2.11. The summed E-state index contributed by atoms with van der Waals surface area (Å²) in [7, 11) is 0. The van der Waals surface area contributed by atoms with E-state index in [4.69, 9.17) is 4.74 Å². The minimum Gasteiger partial charge on any atom is -0.505 e. The predicted octanol–water partition coefficient (Wildman–Crippen LogP) is 4.36. The number of benzene rings is 3. The quantitative estimate of drug-likeness (QED) is 0.417. The van der Waals surface area contributed by atoms with Gasteiger partial charge in [-0.2, -0.15) is 0 Å². The van der Waals surface area contributed by atoms with Gasteiger partial charge in [-0.25, -0.2) is 0 Å². The van der Waals surface area contributed by atoms with Crippen LogP contribution in [0.5, 0.6) is 11.5 Å². The summed E-state index contributed by atoms with van der Waals surface area (Å²) in [4.78, 5) is 5.95. The average Bonchev–Trinajstić information content (AvgIpc) is 3.15. The van der Waals surface area contributed by atoms with Crippen LogP contribution in [0.25, 0.3) is 16.7 Å². The minimum absolute atomic E-state index is 0.0284. The van der Waals surface area contributed by atoms with E-state index in [2.05, 4.69) is 22.1 Å². The second kappa shape index (κ2) is 7.92. The Labute approximate surface area is 162 Å². The maximum Gasteiger partial charge on any atom is 0.221 e. The molecule has 1 N–H and O–H groups in total. The van der Waals surface area contributed by atoms with Gasteiger partial charge in [0.05, 0.1) is 0 Å². The van der Waals surface area contributed by atoms with Crippen LogP contribution >= 0.6 is 0 Å². The zero-order chi connectivity index (χ0) is 19.3. The molecule has 0 aliphatic carbocycles. The molecule has 0 unspecified atom stereocenters. The largest absolute Gasteiger partial charge is 0.505 e. The van der Waals surface area contributed by atoms with Crippen LogP contribution in [0.15, 0.2) is 77.8 Å². The van der Waals surface area contributed by atoms with Crippen LogP contribution in [0.3, 0.4) is 0 Å². The fourth-order valence-electron chi connectivity index (χ4n) is 2.79. The van der Waals surface area contributed by atoms with Gasteiger partial charge >= 0.3 is 0 Å². The predicted molar refractivity (Wildman–Crippen MR) is 109 cm³/mol. The third kappa shape index (κ3) is 3.71. The van der Waals surface area contributed by atoms with E-state index in [9.17, 15) is 5.11 Å². The summed E-state index contributed by atoms with van der Waals surface area (Å²) in [6, 6.07) is 22.3. The van der Waals surface area contributed by atoms with E-state index in [0.717, 1.165) is 23.0 Å². The lowest BCUT2D eigenvalue weighted by atomic mass is 10.2. The van der Waals surface area contributed by atoms with Gasteiger partial charge in [0, 0.05) is 18.2 Å². The number of fused-ring (bicyclic) bond motifs is 1. The van der Waals surface area contributed by atoms with Crippen LogP contribution < -0.4 is 4.74 Å². The molecule has 0 spiro atoms. The second-order valence-electron chi connectivity index (χ2n) is 6.28. The second-order valence-corrected chi connectivity index (χ2v) is 6.28. The van der Waals surface area contributed by atoms with Crippen LogP contribution in [-0.2, 0) is 0 Å². The minimum atomic E-state index is 0.0284. The summed E-state index contributed by atoms with van der Waals surface area (Å²) in [5.41, 5.74) is 2.90. The Morgan fingerprint density at radius 1 is 0.964 bits per heavy atom. The van der Waals surface area contributed by atoms with Crippen molar-refractivity contribution in [3.63, 3.8) is 0 Å². The highest BCUT2D eigenvalue weighted by atomic mass is 16.5. The maximum atomic E-state index is 10.5. The molecule has 0 amide bonds. The lowest BCUT2D eigenvalue weighted by molar-refractivity contribution is 0.461. The SMILES string of the molecule is CCCN=C(Oc1ccc(-n2nc3ccccc3n2)c(O)c1)c1ccccc1. The number of ether oxygens (including phenoxy) is 1. The van der Waals surface area contributed by atoms with Crippen LogP contribution in [0, 0.1) is 0 Å². The van der Waals surface area contributed by atoms with Gasteiger partial charge < -0.3 is 9.84 Å². The molecule has 4 rings (SSSR count). The van der Waals surface area contributed by atoms with Gasteiger partial charge in [0.15, 0.2) is 0 Å². The first kappa shape index (κ1) is 17.7. The van der Waals surface area contributed by atoms with Crippen LogP contribution in [-0.4, -0.2) is 32.5 Å². The van der Waals surface area contributed by atoms with Crippen molar-refractivity contribution >= 4 is 16.9 Å². The molecule has 0 aliphatic heterocycles. The van der Waals surface area contributed by atoms with Crippen LogP contribution in [0.1, 0.15) is 18.9 Å². The number of aliphatic imine (C=N–C) groups is 1. The molecule has 4 aromatic rings. The first-order valence-corrected chi connectivity index (χ1v) is 9.18. The monoisotopic (exact) mass is 372 g/mol. The zero-order valence-corrected chi connectivity index (χ0v) is 15.5. The molecule has 0 radical (unpaired) electrons. The normalized spacial score (nSPS) is 11.7. The Hall–Kier alpha value is -3.67. The zero-order valence-electron chi connectivity index (χ0n) is 15.5. The average molecular weight is 372 g/mol. The smallest absolute Gasteiger partial charge is 0.221 e. The molecule has 28 heavy (non-hydrogen) atoms. The highest BCUT2D eigenvalue weighted by molar-refractivity contribution is 5.95. The molecular weight excluding hydrogens is 352 g/mol. The summed E-state index contributed by atoms with van der Waals surface area (Å²) >= 11 is 0. The highest BCUT2D eigenvalue weighted by Crippen LogP contribution is 2.27. The topological polar surface area (TPSA) is 72.5 Å². The summed E-state index contributed by atoms with van der Waals surface area (Å²) < 4.78 is 5.97. The third-order valence-electron chi connectivity index (χ3n) is 4.16. The van der Waals surface area contributed by atoms with Crippen molar-refractivity contribution in [1.29, 1.82) is 0 Å². The Bertz CT molecular complexity index is 1090. The van der Waals surface area contributed by atoms with Crippen molar-refractivity contribution in [3.05, 3.63) is 78.4 Å². The van der Waals surface area contributed by atoms with Crippen molar-refractivity contribution in [2.45, 2.75) is 13.3 Å². The summed E-state index contributed by atoms with van der Waals surface area (Å²) in [6.45, 7) is 2.73. The van der Waals surface area contributed by atoms with Crippen molar-refractivity contribution in [2.75, 3.05) is 6.54 Å².